The molecule has 17 heteroatoms. The molecule has 2 unspecified atom stereocenters. The van der Waals surface area contributed by atoms with E-state index in [1.54, 1.807) is 48.3 Å². The van der Waals surface area contributed by atoms with Crippen LogP contribution in [0.2, 0.25) is 10.0 Å². The Morgan fingerprint density at radius 1 is 0.981 bits per heavy atom. The quantitative estimate of drug-likeness (QED) is 0.127. The fourth-order valence-corrected chi connectivity index (χ4v) is 7.39. The lowest BCUT2D eigenvalue weighted by molar-refractivity contribution is -0.120. The Labute approximate surface area is 320 Å². The number of aromatic nitrogens is 5. The molecule has 4 aromatic heterocycles. The predicted octanol–water partition coefficient (Wildman–Crippen LogP) is 4.97. The van der Waals surface area contributed by atoms with E-state index in [4.69, 9.17) is 37.7 Å². The highest BCUT2D eigenvalue weighted by Gasteiger charge is 2.27. The smallest absolute Gasteiger partial charge is 0.407 e. The van der Waals surface area contributed by atoms with Crippen molar-refractivity contribution in [3.63, 3.8) is 0 Å². The third-order valence-electron chi connectivity index (χ3n) is 9.44. The van der Waals surface area contributed by atoms with E-state index >= 15 is 0 Å². The molecule has 0 aliphatic carbocycles. The number of carboxylic acid groups (broad SMARTS) is 1. The number of rotatable bonds is 13. The molecule has 7 rings (SSSR count). The number of nitrogens with zero attached hydrogens (tertiary/aromatic N) is 6. The van der Waals surface area contributed by atoms with Gasteiger partial charge in [-0.3, -0.25) is 14.6 Å². The first kappa shape index (κ1) is 36.8. The molecule has 1 aromatic carbocycles. The zero-order valence-electron chi connectivity index (χ0n) is 29.4. The number of ether oxygens (including phenoxy) is 2. The van der Waals surface area contributed by atoms with Crippen LogP contribution in [0.5, 0.6) is 11.6 Å². The van der Waals surface area contributed by atoms with Crippen molar-refractivity contribution in [1.29, 1.82) is 0 Å². The molecule has 280 valence electrons. The maximum Gasteiger partial charge on any atom is 0.407 e. The average molecular weight is 775 g/mol. The summed E-state index contributed by atoms with van der Waals surface area (Å²) in [6, 6.07) is 12.5. The van der Waals surface area contributed by atoms with E-state index in [-0.39, 0.29) is 42.9 Å². The van der Waals surface area contributed by atoms with Gasteiger partial charge in [-0.15, -0.1) is 5.10 Å². The van der Waals surface area contributed by atoms with E-state index in [9.17, 15) is 19.5 Å². The maximum atomic E-state index is 12.1. The zero-order chi connectivity index (χ0) is 37.9. The molecule has 5 aromatic rings. The van der Waals surface area contributed by atoms with E-state index in [1.807, 2.05) is 18.2 Å². The minimum atomic E-state index is -1.11. The third kappa shape index (κ3) is 7.74. The van der Waals surface area contributed by atoms with Crippen LogP contribution in [0, 0.1) is 0 Å². The van der Waals surface area contributed by atoms with Crippen molar-refractivity contribution in [3.8, 4) is 45.3 Å². The lowest BCUT2D eigenvalue weighted by Crippen LogP contribution is -2.41. The molecular weight excluding hydrogens is 737 g/mol. The molecule has 2 fully saturated rings. The lowest BCUT2D eigenvalue weighted by Gasteiger charge is -2.23. The normalized spacial score (nSPS) is 16.7. The first-order valence-electron chi connectivity index (χ1n) is 17.3. The molecule has 2 aliphatic heterocycles. The number of carbonyl (C=O) groups excluding carboxylic acids is 2. The van der Waals surface area contributed by atoms with Crippen molar-refractivity contribution in [3.05, 3.63) is 76.3 Å². The number of methoxy groups -OCH3 is 2. The Hall–Kier alpha value is -5.51. The Balaban J connectivity index is 1.14. The predicted molar refractivity (Wildman–Crippen MR) is 200 cm³/mol. The summed E-state index contributed by atoms with van der Waals surface area (Å²) in [7, 11) is 3.02. The summed E-state index contributed by atoms with van der Waals surface area (Å²) in [5, 5.41) is 24.3. The molecule has 54 heavy (non-hydrogen) atoms. The van der Waals surface area contributed by atoms with Gasteiger partial charge in [-0.2, -0.15) is 0 Å². The minimum absolute atomic E-state index is 0.0198. The minimum Gasteiger partial charge on any atom is -0.493 e. The topological polar surface area (TPSA) is 185 Å². The fraction of sp³-hybridized carbons (Fsp3) is 0.324. The third-order valence-corrected chi connectivity index (χ3v) is 10.2. The standard InChI is InChI=1S/C37H37Cl2N9O6/c1-53-28-14-21(18-48-35(28)45-29(46-48)16-40-15-22-7-10-30(49)42-22)34-33(39)25(12-13-41-34)24-4-3-5-26(32(24)38)27-9-6-20(36(44-27)54-2)17-47(37(51)52)19-23-8-11-31(50)43-23/h3-6,9,12-14,18,22-23,40H,7-8,10-11,15-17,19H2,1-2H3,(H,42,49)(H,43,50)(H,51,52). The van der Waals surface area contributed by atoms with Crippen molar-refractivity contribution in [2.24, 2.45) is 0 Å². The number of hydrogen-bond acceptors (Lipinski definition) is 10. The number of amides is 3. The van der Waals surface area contributed by atoms with Crippen LogP contribution in [0.4, 0.5) is 4.79 Å². The van der Waals surface area contributed by atoms with E-state index in [0.29, 0.717) is 98.8 Å². The molecule has 6 heterocycles. The molecule has 0 saturated carbocycles. The summed E-state index contributed by atoms with van der Waals surface area (Å²) in [6.07, 6.45) is 4.60. The number of pyridine rings is 3. The van der Waals surface area contributed by atoms with Gasteiger partial charge in [0.1, 0.15) is 0 Å². The number of benzene rings is 1. The Bertz CT molecular complexity index is 2250. The van der Waals surface area contributed by atoms with Crippen molar-refractivity contribution < 1.29 is 29.0 Å². The second kappa shape index (κ2) is 15.8. The highest BCUT2D eigenvalue weighted by atomic mass is 35.5. The first-order valence-corrected chi connectivity index (χ1v) is 18.1. The van der Waals surface area contributed by atoms with Crippen molar-refractivity contribution in [1.82, 2.24) is 45.4 Å². The van der Waals surface area contributed by atoms with Crippen molar-refractivity contribution >= 4 is 46.8 Å². The summed E-state index contributed by atoms with van der Waals surface area (Å²) in [5.74, 6) is 1.27. The van der Waals surface area contributed by atoms with Gasteiger partial charge in [-0.1, -0.05) is 41.4 Å². The Kier molecular flexibility index (Phi) is 10.8. The van der Waals surface area contributed by atoms with Crippen LogP contribution >= 0.6 is 23.2 Å². The molecule has 0 spiro atoms. The fourth-order valence-electron chi connectivity index (χ4n) is 6.75. The van der Waals surface area contributed by atoms with E-state index in [0.717, 1.165) is 6.42 Å². The summed E-state index contributed by atoms with van der Waals surface area (Å²) in [5.41, 5.74) is 4.61. The van der Waals surface area contributed by atoms with Gasteiger partial charge in [0.25, 0.3) is 0 Å². The zero-order valence-corrected chi connectivity index (χ0v) is 30.9. The molecule has 3 amide bonds. The van der Waals surface area contributed by atoms with E-state index in [1.165, 1.54) is 12.0 Å². The van der Waals surface area contributed by atoms with Crippen LogP contribution in [0.3, 0.4) is 0 Å². The Morgan fingerprint density at radius 3 is 2.43 bits per heavy atom. The van der Waals surface area contributed by atoms with Gasteiger partial charge in [0.15, 0.2) is 17.2 Å². The molecule has 4 N–H and O–H groups in total. The van der Waals surface area contributed by atoms with Gasteiger partial charge in [-0.05, 0) is 37.1 Å². The second-order valence-corrected chi connectivity index (χ2v) is 13.8. The number of carbonyl (C=O) groups is 3. The van der Waals surface area contributed by atoms with Crippen LogP contribution in [0.15, 0.2) is 54.9 Å². The summed E-state index contributed by atoms with van der Waals surface area (Å²) >= 11 is 14.2. The first-order chi connectivity index (χ1) is 26.1. The van der Waals surface area contributed by atoms with Gasteiger partial charge >= 0.3 is 6.09 Å². The monoisotopic (exact) mass is 773 g/mol. The highest BCUT2D eigenvalue weighted by molar-refractivity contribution is 6.39. The maximum absolute atomic E-state index is 12.1. The van der Waals surface area contributed by atoms with Gasteiger partial charge in [0.2, 0.25) is 17.7 Å². The van der Waals surface area contributed by atoms with Crippen LogP contribution in [-0.4, -0.2) is 91.9 Å². The molecule has 0 bridgehead atoms. The summed E-state index contributed by atoms with van der Waals surface area (Å²) in [6.45, 7) is 1.19. The molecule has 2 atom stereocenters. The number of nitrogens with one attached hydrogen (secondary N) is 3. The van der Waals surface area contributed by atoms with Crippen LogP contribution < -0.4 is 25.4 Å². The molecule has 0 radical (unpaired) electrons. The summed E-state index contributed by atoms with van der Waals surface area (Å²) < 4.78 is 12.9. The summed E-state index contributed by atoms with van der Waals surface area (Å²) in [4.78, 5) is 50.5. The average Bonchev–Trinajstić information content (AvgIpc) is 3.90. The van der Waals surface area contributed by atoms with Gasteiger partial charge < -0.3 is 35.4 Å². The number of halogens is 2. The van der Waals surface area contributed by atoms with Crippen LogP contribution in [0.1, 0.15) is 37.1 Å². The largest absolute Gasteiger partial charge is 0.493 e. The van der Waals surface area contributed by atoms with Crippen LogP contribution in [-0.2, 0) is 22.7 Å². The Morgan fingerprint density at radius 2 is 1.72 bits per heavy atom. The highest BCUT2D eigenvalue weighted by Crippen LogP contribution is 2.42. The van der Waals surface area contributed by atoms with Crippen LogP contribution in [0.25, 0.3) is 39.3 Å². The molecule has 2 saturated heterocycles. The number of fused-ring (bicyclic) bond motifs is 1. The van der Waals surface area contributed by atoms with Gasteiger partial charge in [0, 0.05) is 78.2 Å². The molecule has 2 aliphatic rings. The van der Waals surface area contributed by atoms with E-state index < -0.39 is 6.09 Å². The van der Waals surface area contributed by atoms with Crippen molar-refractivity contribution in [2.75, 3.05) is 27.3 Å². The van der Waals surface area contributed by atoms with Crippen molar-refractivity contribution in [2.45, 2.75) is 50.9 Å². The molecular formula is C37H37Cl2N9O6. The van der Waals surface area contributed by atoms with E-state index in [2.05, 4.69) is 31.0 Å². The lowest BCUT2D eigenvalue weighted by atomic mass is 10.00. The van der Waals surface area contributed by atoms with Gasteiger partial charge in [-0.25, -0.2) is 19.3 Å². The molecule has 15 nitrogen and oxygen atoms in total. The number of hydrogen-bond donors (Lipinski definition) is 4. The second-order valence-electron chi connectivity index (χ2n) is 13.0. The SMILES string of the molecule is COc1nc(-c2cccc(-c3ccnc(-c4cc(OC)c5nc(CNCC6CCC(=O)N6)nn5c4)c3Cl)c2Cl)ccc1CN(CC1CCC(=O)N1)C(=O)O. The van der Waals surface area contributed by atoms with Gasteiger partial charge in [0.05, 0.1) is 48.7 Å².